The second-order valence-corrected chi connectivity index (χ2v) is 4.41. The van der Waals surface area contributed by atoms with Gasteiger partial charge in [-0.1, -0.05) is 6.07 Å². The Hall–Kier alpha value is -1.22. The zero-order chi connectivity index (χ0) is 12.3. The second kappa shape index (κ2) is 5.21. The van der Waals surface area contributed by atoms with Crippen LogP contribution < -0.4 is 10.6 Å². The van der Waals surface area contributed by atoms with Crippen molar-refractivity contribution < 1.29 is 5.11 Å². The van der Waals surface area contributed by atoms with E-state index in [9.17, 15) is 5.11 Å². The van der Waals surface area contributed by atoms with Crippen molar-refractivity contribution in [3.05, 3.63) is 23.8 Å². The molecule has 3 heteroatoms. The van der Waals surface area contributed by atoms with Crippen molar-refractivity contribution in [1.82, 2.24) is 0 Å². The Bertz CT molecular complexity index is 348. The van der Waals surface area contributed by atoms with Gasteiger partial charge in [-0.05, 0) is 33.8 Å². The Morgan fingerprint density at radius 3 is 2.31 bits per heavy atom. The van der Waals surface area contributed by atoms with Gasteiger partial charge in [0, 0.05) is 35.9 Å². The number of phenolic OH excluding ortho intramolecular Hbond substituents is 1. The summed E-state index contributed by atoms with van der Waals surface area (Å²) in [6.45, 7) is 9.18. The van der Waals surface area contributed by atoms with Crippen LogP contribution in [0.3, 0.4) is 0 Å². The van der Waals surface area contributed by atoms with Crippen molar-refractivity contribution in [1.29, 1.82) is 0 Å². The number of phenols is 1. The van der Waals surface area contributed by atoms with Crippen molar-refractivity contribution >= 4 is 5.69 Å². The van der Waals surface area contributed by atoms with E-state index in [1.807, 2.05) is 19.1 Å². The molecule has 0 fully saturated rings. The van der Waals surface area contributed by atoms with E-state index in [4.69, 9.17) is 5.73 Å². The molecule has 16 heavy (non-hydrogen) atoms. The number of aromatic hydroxyl groups is 1. The third-order valence-corrected chi connectivity index (χ3v) is 2.80. The molecule has 0 aromatic heterocycles. The van der Waals surface area contributed by atoms with Gasteiger partial charge in [0.05, 0.1) is 0 Å². The topological polar surface area (TPSA) is 49.5 Å². The van der Waals surface area contributed by atoms with Crippen LogP contribution in [0.5, 0.6) is 5.75 Å². The Balaban J connectivity index is 3.04. The van der Waals surface area contributed by atoms with Crippen molar-refractivity contribution in [3.8, 4) is 5.75 Å². The lowest BCUT2D eigenvalue weighted by Gasteiger charge is -2.28. The number of nitrogens with two attached hydrogens (primary N) is 1. The summed E-state index contributed by atoms with van der Waals surface area (Å²) in [5.74, 6) is 0.284. The summed E-state index contributed by atoms with van der Waals surface area (Å²) in [7, 11) is 0. The van der Waals surface area contributed by atoms with E-state index in [0.717, 1.165) is 17.8 Å². The molecule has 0 spiro atoms. The third kappa shape index (κ3) is 2.67. The predicted molar refractivity (Wildman–Crippen MR) is 68.9 cm³/mol. The summed E-state index contributed by atoms with van der Waals surface area (Å²) in [4.78, 5) is 2.23. The minimum Gasteiger partial charge on any atom is -0.508 e. The van der Waals surface area contributed by atoms with Gasteiger partial charge in [0.1, 0.15) is 5.75 Å². The lowest BCUT2D eigenvalue weighted by molar-refractivity contribution is 0.463. The fourth-order valence-electron chi connectivity index (χ4n) is 1.94. The largest absolute Gasteiger partial charge is 0.508 e. The van der Waals surface area contributed by atoms with Crippen molar-refractivity contribution in [2.45, 2.75) is 39.8 Å². The monoisotopic (exact) mass is 222 g/mol. The van der Waals surface area contributed by atoms with Gasteiger partial charge in [-0.25, -0.2) is 0 Å². The molecule has 0 aliphatic heterocycles. The summed E-state index contributed by atoms with van der Waals surface area (Å²) in [5.41, 5.74) is 7.60. The maximum atomic E-state index is 9.88. The highest BCUT2D eigenvalue weighted by Crippen LogP contribution is 2.28. The molecule has 0 bridgehead atoms. The number of benzene rings is 1. The molecule has 0 heterocycles. The highest BCUT2D eigenvalue weighted by atomic mass is 16.3. The van der Waals surface area contributed by atoms with E-state index >= 15 is 0 Å². The lowest BCUT2D eigenvalue weighted by Crippen LogP contribution is -2.30. The van der Waals surface area contributed by atoms with E-state index in [0.29, 0.717) is 6.04 Å². The number of rotatable bonds is 4. The molecule has 0 aliphatic carbocycles. The fraction of sp³-hybridized carbons (Fsp3) is 0.538. The Morgan fingerprint density at radius 2 is 1.94 bits per heavy atom. The first-order chi connectivity index (χ1) is 7.47. The SMILES string of the molecule is CCN(c1ccc(C(C)N)c(O)c1)C(C)C. The van der Waals surface area contributed by atoms with Crippen LogP contribution in [0.4, 0.5) is 5.69 Å². The summed E-state index contributed by atoms with van der Waals surface area (Å²) in [5, 5.41) is 9.88. The average molecular weight is 222 g/mol. The van der Waals surface area contributed by atoms with Crippen LogP contribution in [-0.2, 0) is 0 Å². The molecule has 0 saturated heterocycles. The summed E-state index contributed by atoms with van der Waals surface area (Å²) < 4.78 is 0. The second-order valence-electron chi connectivity index (χ2n) is 4.41. The molecule has 0 saturated carbocycles. The third-order valence-electron chi connectivity index (χ3n) is 2.80. The number of hydrogen-bond acceptors (Lipinski definition) is 3. The highest BCUT2D eigenvalue weighted by Gasteiger charge is 2.12. The number of nitrogens with zero attached hydrogens (tertiary/aromatic N) is 1. The Kier molecular flexibility index (Phi) is 4.19. The number of hydrogen-bond donors (Lipinski definition) is 2. The molecule has 3 nitrogen and oxygen atoms in total. The molecule has 1 aromatic rings. The van der Waals surface area contributed by atoms with Crippen LogP contribution in [0, 0.1) is 0 Å². The van der Waals surface area contributed by atoms with E-state index < -0.39 is 0 Å². The predicted octanol–water partition coefficient (Wildman–Crippen LogP) is 2.65. The lowest BCUT2D eigenvalue weighted by atomic mass is 10.1. The molecule has 1 unspecified atom stereocenters. The van der Waals surface area contributed by atoms with Gasteiger partial charge in [-0.15, -0.1) is 0 Å². The zero-order valence-electron chi connectivity index (χ0n) is 10.6. The molecule has 3 N–H and O–H groups in total. The fourth-order valence-corrected chi connectivity index (χ4v) is 1.94. The van der Waals surface area contributed by atoms with E-state index in [1.54, 1.807) is 6.07 Å². The molecule has 0 aliphatic rings. The first-order valence-corrected chi connectivity index (χ1v) is 5.82. The summed E-state index contributed by atoms with van der Waals surface area (Å²) >= 11 is 0. The van der Waals surface area contributed by atoms with Crippen molar-refractivity contribution in [2.24, 2.45) is 5.73 Å². The van der Waals surface area contributed by atoms with E-state index in [2.05, 4.69) is 25.7 Å². The summed E-state index contributed by atoms with van der Waals surface area (Å²) in [6, 6.07) is 6.00. The van der Waals surface area contributed by atoms with Crippen LogP contribution in [0.25, 0.3) is 0 Å². The molecular formula is C13H22N2O. The van der Waals surface area contributed by atoms with E-state index in [1.165, 1.54) is 0 Å². The Morgan fingerprint density at radius 1 is 1.31 bits per heavy atom. The maximum Gasteiger partial charge on any atom is 0.122 e. The van der Waals surface area contributed by atoms with Gasteiger partial charge in [0.25, 0.3) is 0 Å². The van der Waals surface area contributed by atoms with Crippen LogP contribution in [0.2, 0.25) is 0 Å². The molecule has 1 rings (SSSR count). The van der Waals surface area contributed by atoms with E-state index in [-0.39, 0.29) is 11.8 Å². The van der Waals surface area contributed by atoms with Crippen LogP contribution >= 0.6 is 0 Å². The minimum absolute atomic E-state index is 0.136. The van der Waals surface area contributed by atoms with Crippen LogP contribution in [0.15, 0.2) is 18.2 Å². The van der Waals surface area contributed by atoms with Crippen molar-refractivity contribution in [2.75, 3.05) is 11.4 Å². The molecule has 1 atom stereocenters. The first kappa shape index (κ1) is 12.8. The van der Waals surface area contributed by atoms with Gasteiger partial charge in [-0.3, -0.25) is 0 Å². The summed E-state index contributed by atoms with van der Waals surface area (Å²) in [6.07, 6.45) is 0. The smallest absolute Gasteiger partial charge is 0.122 e. The molecule has 0 radical (unpaired) electrons. The average Bonchev–Trinajstić information content (AvgIpc) is 2.17. The molecule has 1 aromatic carbocycles. The van der Waals surface area contributed by atoms with Crippen LogP contribution in [0.1, 0.15) is 39.3 Å². The van der Waals surface area contributed by atoms with Gasteiger partial charge in [-0.2, -0.15) is 0 Å². The zero-order valence-corrected chi connectivity index (χ0v) is 10.6. The minimum atomic E-state index is -0.136. The normalized spacial score (nSPS) is 12.9. The highest BCUT2D eigenvalue weighted by molar-refractivity contribution is 5.54. The first-order valence-electron chi connectivity index (χ1n) is 5.82. The van der Waals surface area contributed by atoms with Gasteiger partial charge in [0.15, 0.2) is 0 Å². The quantitative estimate of drug-likeness (QED) is 0.823. The van der Waals surface area contributed by atoms with Gasteiger partial charge < -0.3 is 15.7 Å². The molecule has 90 valence electrons. The van der Waals surface area contributed by atoms with Gasteiger partial charge in [0.2, 0.25) is 0 Å². The molecular weight excluding hydrogens is 200 g/mol. The van der Waals surface area contributed by atoms with Crippen LogP contribution in [-0.4, -0.2) is 17.7 Å². The standard InChI is InChI=1S/C13H22N2O/c1-5-15(9(2)3)11-6-7-12(10(4)14)13(16)8-11/h6-10,16H,5,14H2,1-4H3. The Labute approximate surface area is 97.9 Å². The van der Waals surface area contributed by atoms with Crippen molar-refractivity contribution in [3.63, 3.8) is 0 Å². The maximum absolute atomic E-state index is 9.88. The van der Waals surface area contributed by atoms with Gasteiger partial charge >= 0.3 is 0 Å². The molecule has 0 amide bonds. The number of anilines is 1.